The van der Waals surface area contributed by atoms with Gasteiger partial charge < -0.3 is 10.8 Å². The third kappa shape index (κ3) is 2.94. The van der Waals surface area contributed by atoms with Crippen molar-refractivity contribution in [2.45, 2.75) is 24.3 Å². The topological polar surface area (TPSA) is 83.6 Å². The van der Waals surface area contributed by atoms with Crippen LogP contribution in [-0.2, 0) is 10.0 Å². The minimum Gasteiger partial charge on any atom is -0.398 e. The van der Waals surface area contributed by atoms with E-state index in [1.807, 2.05) is 6.92 Å². The molecule has 1 aromatic rings. The Kier molecular flexibility index (Phi) is 4.20. The molecule has 1 saturated heterocycles. The maximum atomic E-state index is 12.5. The first kappa shape index (κ1) is 14.8. The van der Waals surface area contributed by atoms with Crippen molar-refractivity contribution in [3.8, 4) is 0 Å². The van der Waals surface area contributed by atoms with Crippen molar-refractivity contribution in [3.63, 3.8) is 0 Å². The van der Waals surface area contributed by atoms with Gasteiger partial charge in [-0.2, -0.15) is 4.31 Å². The number of aliphatic hydroxyl groups excluding tert-OH is 1. The summed E-state index contributed by atoms with van der Waals surface area (Å²) in [5.41, 5.74) is 5.99. The van der Waals surface area contributed by atoms with Crippen molar-refractivity contribution in [1.29, 1.82) is 0 Å². The summed E-state index contributed by atoms with van der Waals surface area (Å²) in [4.78, 5) is 0.0949. The second-order valence-corrected chi connectivity index (χ2v) is 7.70. The molecule has 1 aliphatic rings. The van der Waals surface area contributed by atoms with Crippen LogP contribution in [0.4, 0.5) is 5.69 Å². The quantitative estimate of drug-likeness (QED) is 0.791. The lowest BCUT2D eigenvalue weighted by Crippen LogP contribution is -2.45. The number of aliphatic hydroxyl groups is 1. The fraction of sp³-hybridized carbons (Fsp3) is 0.500. The highest BCUT2D eigenvalue weighted by Gasteiger charge is 2.33. The first-order chi connectivity index (χ1) is 8.82. The van der Waals surface area contributed by atoms with Crippen LogP contribution in [0.1, 0.15) is 13.3 Å². The SMILES string of the molecule is CC1CCN(S(=O)(=O)c2ccc(Br)cc2N)CC1O. The van der Waals surface area contributed by atoms with E-state index in [0.717, 1.165) is 4.47 Å². The molecule has 19 heavy (non-hydrogen) atoms. The fourth-order valence-corrected chi connectivity index (χ4v) is 4.08. The molecule has 2 atom stereocenters. The molecule has 0 aliphatic carbocycles. The van der Waals surface area contributed by atoms with Gasteiger partial charge in [-0.15, -0.1) is 0 Å². The predicted octanol–water partition coefficient (Wildman–Crippen LogP) is 1.42. The Labute approximate surface area is 121 Å². The van der Waals surface area contributed by atoms with Gasteiger partial charge >= 0.3 is 0 Å². The number of nitrogen functional groups attached to an aromatic ring is 1. The predicted molar refractivity (Wildman–Crippen MR) is 77.1 cm³/mol. The van der Waals surface area contributed by atoms with Gasteiger partial charge in [0.2, 0.25) is 10.0 Å². The highest BCUT2D eigenvalue weighted by molar-refractivity contribution is 9.10. The van der Waals surface area contributed by atoms with Crippen molar-refractivity contribution in [2.24, 2.45) is 5.92 Å². The number of sulfonamides is 1. The Morgan fingerprint density at radius 2 is 2.16 bits per heavy atom. The molecule has 0 aromatic heterocycles. The molecule has 0 bridgehead atoms. The van der Waals surface area contributed by atoms with Crippen LogP contribution in [0.15, 0.2) is 27.6 Å². The lowest BCUT2D eigenvalue weighted by Gasteiger charge is -2.33. The van der Waals surface area contributed by atoms with E-state index in [1.165, 1.54) is 10.4 Å². The van der Waals surface area contributed by atoms with Crippen molar-refractivity contribution in [3.05, 3.63) is 22.7 Å². The second kappa shape index (κ2) is 5.40. The summed E-state index contributed by atoms with van der Waals surface area (Å²) in [6.07, 6.45) is 0.0248. The molecule has 2 unspecified atom stereocenters. The van der Waals surface area contributed by atoms with E-state index in [2.05, 4.69) is 15.9 Å². The van der Waals surface area contributed by atoms with Crippen LogP contribution in [0.2, 0.25) is 0 Å². The van der Waals surface area contributed by atoms with Crippen LogP contribution in [0.25, 0.3) is 0 Å². The number of hydrogen-bond acceptors (Lipinski definition) is 4. The molecule has 7 heteroatoms. The van der Waals surface area contributed by atoms with Gasteiger partial charge in [0.25, 0.3) is 0 Å². The average Bonchev–Trinajstić information content (AvgIpc) is 2.32. The summed E-state index contributed by atoms with van der Waals surface area (Å²) in [5.74, 6) is 0.119. The molecule has 1 aromatic carbocycles. The van der Waals surface area contributed by atoms with E-state index in [-0.39, 0.29) is 23.0 Å². The minimum atomic E-state index is -3.64. The van der Waals surface area contributed by atoms with Crippen LogP contribution in [0.5, 0.6) is 0 Å². The molecule has 5 nitrogen and oxygen atoms in total. The third-order valence-corrected chi connectivity index (χ3v) is 5.90. The Balaban J connectivity index is 2.32. The van der Waals surface area contributed by atoms with Gasteiger partial charge in [0, 0.05) is 17.6 Å². The van der Waals surface area contributed by atoms with Gasteiger partial charge in [-0.1, -0.05) is 22.9 Å². The zero-order chi connectivity index (χ0) is 14.2. The maximum absolute atomic E-state index is 12.5. The molecule has 3 N–H and O–H groups in total. The summed E-state index contributed by atoms with van der Waals surface area (Å²) in [5, 5.41) is 9.83. The first-order valence-corrected chi connectivity index (χ1v) is 8.29. The van der Waals surface area contributed by atoms with Crippen LogP contribution >= 0.6 is 15.9 Å². The van der Waals surface area contributed by atoms with E-state index in [1.54, 1.807) is 12.1 Å². The molecule has 0 amide bonds. The third-order valence-electron chi connectivity index (χ3n) is 3.47. The Hall–Kier alpha value is -0.630. The number of anilines is 1. The number of nitrogens with two attached hydrogens (primary N) is 1. The standard InChI is InChI=1S/C12H17BrN2O3S/c1-8-4-5-15(7-11(8)16)19(17,18)12-3-2-9(13)6-10(12)14/h2-3,6,8,11,16H,4-5,7,14H2,1H3. The molecule has 2 rings (SSSR count). The summed E-state index contributed by atoms with van der Waals surface area (Å²) in [6.45, 7) is 2.46. The second-order valence-electron chi connectivity index (χ2n) is 4.88. The van der Waals surface area contributed by atoms with E-state index in [0.29, 0.717) is 13.0 Å². The van der Waals surface area contributed by atoms with E-state index in [4.69, 9.17) is 5.73 Å². The first-order valence-electron chi connectivity index (χ1n) is 6.05. The van der Waals surface area contributed by atoms with Gasteiger partial charge in [0.05, 0.1) is 11.8 Å². The number of hydrogen-bond donors (Lipinski definition) is 2. The normalized spacial score (nSPS) is 25.4. The van der Waals surface area contributed by atoms with Crippen LogP contribution < -0.4 is 5.73 Å². The zero-order valence-corrected chi connectivity index (χ0v) is 13.0. The Morgan fingerprint density at radius 1 is 1.47 bits per heavy atom. The van der Waals surface area contributed by atoms with Crippen LogP contribution in [0.3, 0.4) is 0 Å². The largest absolute Gasteiger partial charge is 0.398 e. The van der Waals surface area contributed by atoms with Crippen molar-refractivity contribution >= 4 is 31.6 Å². The highest BCUT2D eigenvalue weighted by Crippen LogP contribution is 2.28. The van der Waals surface area contributed by atoms with Gasteiger partial charge in [0.15, 0.2) is 0 Å². The van der Waals surface area contributed by atoms with E-state index < -0.39 is 16.1 Å². The molecular formula is C12H17BrN2O3S. The number of rotatable bonds is 2. The average molecular weight is 349 g/mol. The Bertz CT molecular complexity index is 576. The van der Waals surface area contributed by atoms with Crippen LogP contribution in [0, 0.1) is 5.92 Å². The number of benzene rings is 1. The number of β-amino-alcohol motifs (C(OH)–C–C–N with tert-alkyl or cyclic N) is 1. The monoisotopic (exact) mass is 348 g/mol. The summed E-state index contributed by atoms with van der Waals surface area (Å²) in [6, 6.07) is 4.70. The molecule has 0 radical (unpaired) electrons. The molecule has 1 heterocycles. The van der Waals surface area contributed by atoms with Gasteiger partial charge in [-0.3, -0.25) is 0 Å². The summed E-state index contributed by atoms with van der Waals surface area (Å²) < 4.78 is 27.0. The molecule has 0 saturated carbocycles. The fourth-order valence-electron chi connectivity index (χ4n) is 2.13. The van der Waals surface area contributed by atoms with E-state index in [9.17, 15) is 13.5 Å². The summed E-state index contributed by atoms with van der Waals surface area (Å²) >= 11 is 3.25. The van der Waals surface area contributed by atoms with E-state index >= 15 is 0 Å². The highest BCUT2D eigenvalue weighted by atomic mass is 79.9. The Morgan fingerprint density at radius 3 is 2.74 bits per heavy atom. The molecule has 1 fully saturated rings. The van der Waals surface area contributed by atoms with Crippen molar-refractivity contribution in [1.82, 2.24) is 4.31 Å². The molecule has 0 spiro atoms. The van der Waals surface area contributed by atoms with Crippen LogP contribution in [-0.4, -0.2) is 37.0 Å². The number of nitrogens with zero attached hydrogens (tertiary/aromatic N) is 1. The molecular weight excluding hydrogens is 332 g/mol. The number of halogens is 1. The smallest absolute Gasteiger partial charge is 0.245 e. The van der Waals surface area contributed by atoms with Gasteiger partial charge in [0.1, 0.15) is 4.90 Å². The minimum absolute atomic E-state index is 0.0949. The van der Waals surface area contributed by atoms with Crippen molar-refractivity contribution < 1.29 is 13.5 Å². The van der Waals surface area contributed by atoms with Gasteiger partial charge in [-0.25, -0.2) is 8.42 Å². The lowest BCUT2D eigenvalue weighted by molar-refractivity contribution is 0.0605. The molecule has 1 aliphatic heterocycles. The lowest BCUT2D eigenvalue weighted by atomic mass is 9.98. The summed E-state index contributed by atoms with van der Waals surface area (Å²) in [7, 11) is -3.64. The van der Waals surface area contributed by atoms with Gasteiger partial charge in [-0.05, 0) is 30.5 Å². The zero-order valence-electron chi connectivity index (χ0n) is 10.6. The number of piperidine rings is 1. The molecule has 106 valence electrons. The maximum Gasteiger partial charge on any atom is 0.245 e. The van der Waals surface area contributed by atoms with Crippen molar-refractivity contribution in [2.75, 3.05) is 18.8 Å².